The van der Waals surface area contributed by atoms with E-state index < -0.39 is 0 Å². The van der Waals surface area contributed by atoms with E-state index >= 15 is 0 Å². The van der Waals surface area contributed by atoms with Crippen molar-refractivity contribution in [2.75, 3.05) is 52.4 Å². The first-order valence-electron chi connectivity index (χ1n) is 10.1. The lowest BCUT2D eigenvalue weighted by molar-refractivity contribution is 0.0967. The van der Waals surface area contributed by atoms with Gasteiger partial charge in [0.05, 0.1) is 0 Å². The topological polar surface area (TPSA) is 9.72 Å². The lowest BCUT2D eigenvalue weighted by Crippen LogP contribution is -2.50. The lowest BCUT2D eigenvalue weighted by Gasteiger charge is -2.38. The molecule has 0 aromatic carbocycles. The Kier molecular flexibility index (Phi) is 5.70. The number of hydrogen-bond acceptors (Lipinski definition) is 3. The van der Waals surface area contributed by atoms with Crippen LogP contribution in [0.25, 0.3) is 0 Å². The van der Waals surface area contributed by atoms with Crippen molar-refractivity contribution in [3.8, 4) is 0 Å². The Morgan fingerprint density at radius 2 is 1.61 bits per heavy atom. The van der Waals surface area contributed by atoms with Crippen molar-refractivity contribution in [1.29, 1.82) is 0 Å². The van der Waals surface area contributed by atoms with Gasteiger partial charge in [0, 0.05) is 51.9 Å². The summed E-state index contributed by atoms with van der Waals surface area (Å²) in [6.07, 6.45) is 5.86. The average Bonchev–Trinajstić information content (AvgIpc) is 3.08. The summed E-state index contributed by atoms with van der Waals surface area (Å²) in [5, 5.41) is 0. The van der Waals surface area contributed by atoms with E-state index in [0.717, 1.165) is 17.9 Å². The molecule has 1 atom stereocenters. The normalized spacial score (nSPS) is 29.7. The maximum absolute atomic E-state index is 2.80. The van der Waals surface area contributed by atoms with Crippen LogP contribution in [0.1, 0.15) is 53.4 Å². The number of likely N-dealkylation sites (tertiary alicyclic amines) is 1. The van der Waals surface area contributed by atoms with E-state index in [1.807, 2.05) is 0 Å². The van der Waals surface area contributed by atoms with Crippen molar-refractivity contribution in [2.24, 2.45) is 17.3 Å². The summed E-state index contributed by atoms with van der Waals surface area (Å²) in [6.45, 7) is 20.0. The van der Waals surface area contributed by atoms with Crippen LogP contribution in [-0.2, 0) is 0 Å². The minimum absolute atomic E-state index is 0.714. The van der Waals surface area contributed by atoms with Crippen molar-refractivity contribution in [2.45, 2.75) is 59.4 Å². The van der Waals surface area contributed by atoms with Gasteiger partial charge in [-0.25, -0.2) is 0 Å². The molecule has 0 radical (unpaired) electrons. The first-order chi connectivity index (χ1) is 11.0. The molecule has 3 rings (SSSR count). The van der Waals surface area contributed by atoms with Crippen molar-refractivity contribution in [3.63, 3.8) is 0 Å². The summed E-state index contributed by atoms with van der Waals surface area (Å²) < 4.78 is 0. The van der Waals surface area contributed by atoms with Crippen LogP contribution >= 0.6 is 0 Å². The highest BCUT2D eigenvalue weighted by Gasteiger charge is 2.44. The van der Waals surface area contributed by atoms with Crippen LogP contribution in [0.3, 0.4) is 0 Å². The van der Waals surface area contributed by atoms with Gasteiger partial charge in [-0.15, -0.1) is 0 Å². The van der Waals surface area contributed by atoms with Crippen LogP contribution < -0.4 is 0 Å². The molecule has 3 fully saturated rings. The predicted molar refractivity (Wildman–Crippen MR) is 98.8 cm³/mol. The molecule has 0 spiro atoms. The van der Waals surface area contributed by atoms with Gasteiger partial charge < -0.3 is 9.80 Å². The molecule has 3 heteroatoms. The van der Waals surface area contributed by atoms with Crippen LogP contribution in [-0.4, -0.2) is 73.1 Å². The lowest BCUT2D eigenvalue weighted by atomic mass is 9.94. The highest BCUT2D eigenvalue weighted by Crippen LogP contribution is 2.51. The molecular formula is C20H39N3. The molecule has 1 aliphatic carbocycles. The highest BCUT2D eigenvalue weighted by molar-refractivity contribution is 4.97. The maximum atomic E-state index is 2.80. The first-order valence-corrected chi connectivity index (χ1v) is 10.1. The second kappa shape index (κ2) is 7.41. The third-order valence-electron chi connectivity index (χ3n) is 6.38. The zero-order valence-corrected chi connectivity index (χ0v) is 16.1. The molecule has 2 heterocycles. The zero-order valence-electron chi connectivity index (χ0n) is 16.1. The molecule has 2 aliphatic heterocycles. The van der Waals surface area contributed by atoms with Crippen molar-refractivity contribution in [3.05, 3.63) is 0 Å². The molecule has 0 bridgehead atoms. The SMILES string of the molecule is CC(C)CC1(CN2CC[C@H](CN3CCN(C(C)C)CC3)C2)CC1. The Morgan fingerprint density at radius 3 is 2.17 bits per heavy atom. The molecule has 0 amide bonds. The van der Waals surface area contributed by atoms with Crippen molar-refractivity contribution < 1.29 is 0 Å². The molecule has 0 unspecified atom stereocenters. The van der Waals surface area contributed by atoms with Gasteiger partial charge in [0.2, 0.25) is 0 Å². The van der Waals surface area contributed by atoms with Crippen LogP contribution in [0.15, 0.2) is 0 Å². The van der Waals surface area contributed by atoms with E-state index in [1.165, 1.54) is 78.0 Å². The second-order valence-electron chi connectivity index (χ2n) is 9.42. The fraction of sp³-hybridized carbons (Fsp3) is 1.00. The average molecular weight is 322 g/mol. The van der Waals surface area contributed by atoms with E-state index in [4.69, 9.17) is 0 Å². The third kappa shape index (κ3) is 4.93. The maximum Gasteiger partial charge on any atom is 0.0113 e. The number of hydrogen-bond donors (Lipinski definition) is 0. The molecular weight excluding hydrogens is 282 g/mol. The summed E-state index contributed by atoms with van der Waals surface area (Å²) in [5.41, 5.74) is 0.714. The zero-order chi connectivity index (χ0) is 16.4. The molecule has 134 valence electrons. The minimum atomic E-state index is 0.714. The van der Waals surface area contributed by atoms with Crippen molar-refractivity contribution in [1.82, 2.24) is 14.7 Å². The smallest absolute Gasteiger partial charge is 0.0113 e. The van der Waals surface area contributed by atoms with E-state index in [9.17, 15) is 0 Å². The minimum Gasteiger partial charge on any atom is -0.302 e. The van der Waals surface area contributed by atoms with E-state index in [0.29, 0.717) is 5.41 Å². The van der Waals surface area contributed by atoms with Gasteiger partial charge in [0.1, 0.15) is 0 Å². The number of piperazine rings is 1. The summed E-state index contributed by atoms with van der Waals surface area (Å²) >= 11 is 0. The Morgan fingerprint density at radius 1 is 0.913 bits per heavy atom. The van der Waals surface area contributed by atoms with Gasteiger partial charge in [-0.3, -0.25) is 4.90 Å². The monoisotopic (exact) mass is 321 g/mol. The Labute approximate surface area is 144 Å². The first kappa shape index (κ1) is 17.7. The van der Waals surface area contributed by atoms with Gasteiger partial charge in [0.15, 0.2) is 0 Å². The fourth-order valence-electron chi connectivity index (χ4n) is 4.98. The van der Waals surface area contributed by atoms with Crippen molar-refractivity contribution >= 4 is 0 Å². The van der Waals surface area contributed by atoms with Gasteiger partial charge in [-0.1, -0.05) is 13.8 Å². The summed E-state index contributed by atoms with van der Waals surface area (Å²) in [7, 11) is 0. The third-order valence-corrected chi connectivity index (χ3v) is 6.38. The standard InChI is InChI=1S/C20H39N3/c1-17(2)13-20(6-7-20)16-22-8-5-19(15-22)14-21-9-11-23(12-10-21)18(3)4/h17-19H,5-16H2,1-4H3/t19-/m1/s1. The Bertz CT molecular complexity index is 367. The molecule has 0 aromatic rings. The van der Waals surface area contributed by atoms with Crippen LogP contribution in [0.2, 0.25) is 0 Å². The van der Waals surface area contributed by atoms with Crippen LogP contribution in [0, 0.1) is 17.3 Å². The molecule has 23 heavy (non-hydrogen) atoms. The highest BCUT2D eigenvalue weighted by atomic mass is 15.3. The van der Waals surface area contributed by atoms with E-state index in [-0.39, 0.29) is 0 Å². The quantitative estimate of drug-likeness (QED) is 0.713. The van der Waals surface area contributed by atoms with Crippen LogP contribution in [0.5, 0.6) is 0 Å². The van der Waals surface area contributed by atoms with E-state index in [2.05, 4.69) is 42.4 Å². The molecule has 2 saturated heterocycles. The molecule has 1 saturated carbocycles. The van der Waals surface area contributed by atoms with Gasteiger partial charge in [-0.2, -0.15) is 0 Å². The van der Waals surface area contributed by atoms with Gasteiger partial charge >= 0.3 is 0 Å². The second-order valence-corrected chi connectivity index (χ2v) is 9.42. The predicted octanol–water partition coefficient (Wildman–Crippen LogP) is 3.16. The number of nitrogens with zero attached hydrogens (tertiary/aromatic N) is 3. The van der Waals surface area contributed by atoms with Crippen LogP contribution in [0.4, 0.5) is 0 Å². The summed E-state index contributed by atoms with van der Waals surface area (Å²) in [4.78, 5) is 8.15. The molecule has 3 nitrogen and oxygen atoms in total. The number of rotatable bonds is 7. The molecule has 3 aliphatic rings. The Balaban J connectivity index is 1.37. The largest absolute Gasteiger partial charge is 0.302 e. The van der Waals surface area contributed by atoms with E-state index in [1.54, 1.807) is 0 Å². The van der Waals surface area contributed by atoms with Gasteiger partial charge in [-0.05, 0) is 63.3 Å². The molecule has 0 aromatic heterocycles. The summed E-state index contributed by atoms with van der Waals surface area (Å²) in [6, 6.07) is 0.717. The molecule has 0 N–H and O–H groups in total. The summed E-state index contributed by atoms with van der Waals surface area (Å²) in [5.74, 6) is 1.80. The van der Waals surface area contributed by atoms with Gasteiger partial charge in [0.25, 0.3) is 0 Å². The Hall–Kier alpha value is -0.120. The fourth-order valence-corrected chi connectivity index (χ4v) is 4.98.